The van der Waals surface area contributed by atoms with Crippen molar-refractivity contribution in [2.24, 2.45) is 0 Å². The first-order valence-corrected chi connectivity index (χ1v) is 16.0. The van der Waals surface area contributed by atoms with Gasteiger partial charge >= 0.3 is 5.97 Å². The van der Waals surface area contributed by atoms with Crippen LogP contribution in [-0.4, -0.2) is 41.0 Å². The Morgan fingerprint density at radius 3 is 2.20 bits per heavy atom. The Kier molecular flexibility index (Phi) is 10.4. The van der Waals surface area contributed by atoms with E-state index in [1.165, 1.54) is 12.1 Å². The van der Waals surface area contributed by atoms with Gasteiger partial charge in [0.05, 0.1) is 36.5 Å². The van der Waals surface area contributed by atoms with Gasteiger partial charge < -0.3 is 24.1 Å². The third-order valence-corrected chi connectivity index (χ3v) is 8.09. The minimum Gasteiger partial charge on any atom is -0.466 e. The first kappa shape index (κ1) is 33.1. The number of ether oxygens (including phenoxy) is 3. The fourth-order valence-electron chi connectivity index (χ4n) is 6.41. The van der Waals surface area contributed by atoms with Crippen LogP contribution in [0.25, 0.3) is 22.4 Å². The fraction of sp³-hybridized carbons (Fsp3) is 0.368. The smallest absolute Gasteiger partial charge is 0.308 e. The molecule has 1 aromatic heterocycles. The summed E-state index contributed by atoms with van der Waals surface area (Å²) < 4.78 is 34.1. The van der Waals surface area contributed by atoms with Crippen molar-refractivity contribution in [2.75, 3.05) is 11.9 Å². The standard InChI is InChI=1S/C38H43FN2O5/c1-6-44-32(42)24-31-23-30(45-38(4,5)46-31)21-22-41-35(25(2)3)34(37(43)40-29-15-11-8-12-16-29)33(26-13-9-7-10-14-26)36(41)27-17-19-28(39)20-18-27/h7-20,25,30-31H,6,21-24H2,1-5H3,(H,40,43)/t30-,31-/m1/s1. The summed E-state index contributed by atoms with van der Waals surface area (Å²) in [5.41, 5.74) is 5.47. The quantitative estimate of drug-likeness (QED) is 0.169. The van der Waals surface area contributed by atoms with Gasteiger partial charge in [-0.3, -0.25) is 9.59 Å². The summed E-state index contributed by atoms with van der Waals surface area (Å²) in [4.78, 5) is 26.6. The van der Waals surface area contributed by atoms with Crippen LogP contribution >= 0.6 is 0 Å². The monoisotopic (exact) mass is 626 g/mol. The predicted molar refractivity (Wildman–Crippen MR) is 178 cm³/mol. The van der Waals surface area contributed by atoms with E-state index in [4.69, 9.17) is 14.2 Å². The number of benzene rings is 3. The Bertz CT molecular complexity index is 1630. The number of halogens is 1. The molecule has 0 bridgehead atoms. The van der Waals surface area contributed by atoms with E-state index in [9.17, 15) is 14.0 Å². The molecule has 3 aromatic carbocycles. The lowest BCUT2D eigenvalue weighted by molar-refractivity contribution is -0.300. The zero-order valence-corrected chi connectivity index (χ0v) is 27.2. The first-order valence-electron chi connectivity index (χ1n) is 16.0. The van der Waals surface area contributed by atoms with Crippen LogP contribution in [0, 0.1) is 5.82 Å². The average Bonchev–Trinajstić information content (AvgIpc) is 3.36. The Morgan fingerprint density at radius 1 is 0.935 bits per heavy atom. The van der Waals surface area contributed by atoms with Crippen LogP contribution in [-0.2, 0) is 25.5 Å². The summed E-state index contributed by atoms with van der Waals surface area (Å²) in [6, 6.07) is 25.7. The summed E-state index contributed by atoms with van der Waals surface area (Å²) in [5.74, 6) is -1.75. The van der Waals surface area contributed by atoms with Crippen LogP contribution in [0.5, 0.6) is 0 Å². The third kappa shape index (κ3) is 7.74. The van der Waals surface area contributed by atoms with E-state index >= 15 is 0 Å². The molecule has 1 amide bonds. The molecule has 1 N–H and O–H groups in total. The van der Waals surface area contributed by atoms with Crippen molar-refractivity contribution in [2.45, 2.75) is 84.3 Å². The molecule has 0 saturated carbocycles. The molecule has 0 spiro atoms. The number of carbonyl (C=O) groups is 2. The number of nitrogens with zero attached hydrogens (tertiary/aromatic N) is 1. The maximum Gasteiger partial charge on any atom is 0.308 e. The van der Waals surface area contributed by atoms with Gasteiger partial charge in [0.2, 0.25) is 0 Å². The number of aromatic nitrogens is 1. The Hall–Kier alpha value is -4.27. The number of carbonyl (C=O) groups excluding carboxylic acids is 2. The van der Waals surface area contributed by atoms with E-state index < -0.39 is 5.79 Å². The van der Waals surface area contributed by atoms with Gasteiger partial charge in [0.25, 0.3) is 5.91 Å². The molecule has 7 nitrogen and oxygen atoms in total. The van der Waals surface area contributed by atoms with E-state index in [0.29, 0.717) is 37.2 Å². The summed E-state index contributed by atoms with van der Waals surface area (Å²) in [5, 5.41) is 3.12. The maximum absolute atomic E-state index is 14.3. The lowest BCUT2D eigenvalue weighted by Crippen LogP contribution is -2.45. The molecule has 0 radical (unpaired) electrons. The molecule has 2 heterocycles. The normalized spacial score (nSPS) is 17.5. The number of esters is 1. The summed E-state index contributed by atoms with van der Waals surface area (Å²) in [6.07, 6.45) is 0.724. The number of para-hydroxylation sites is 1. The lowest BCUT2D eigenvalue weighted by Gasteiger charge is -2.40. The van der Waals surface area contributed by atoms with E-state index in [1.54, 1.807) is 19.1 Å². The Balaban J connectivity index is 1.62. The van der Waals surface area contributed by atoms with Crippen molar-refractivity contribution < 1.29 is 28.2 Å². The molecule has 0 aliphatic carbocycles. The molecule has 2 atom stereocenters. The summed E-state index contributed by atoms with van der Waals surface area (Å²) in [6.45, 7) is 10.5. The molecule has 1 aliphatic heterocycles. The molecule has 0 unspecified atom stereocenters. The van der Waals surface area contributed by atoms with Crippen molar-refractivity contribution in [3.8, 4) is 22.4 Å². The molecule has 1 fully saturated rings. The minimum atomic E-state index is -0.882. The number of rotatable bonds is 11. The van der Waals surface area contributed by atoms with E-state index in [-0.39, 0.29) is 42.2 Å². The fourth-order valence-corrected chi connectivity index (χ4v) is 6.41. The molecular formula is C38H43FN2O5. The molecule has 46 heavy (non-hydrogen) atoms. The van der Waals surface area contributed by atoms with Gasteiger partial charge in [-0.15, -0.1) is 0 Å². The van der Waals surface area contributed by atoms with Crippen molar-refractivity contribution in [3.63, 3.8) is 0 Å². The molecule has 5 rings (SSSR count). The first-order chi connectivity index (χ1) is 22.1. The molecule has 1 saturated heterocycles. The number of nitrogens with one attached hydrogen (secondary N) is 1. The van der Waals surface area contributed by atoms with Crippen molar-refractivity contribution in [1.29, 1.82) is 0 Å². The largest absolute Gasteiger partial charge is 0.466 e. The number of hydrogen-bond donors (Lipinski definition) is 1. The Morgan fingerprint density at radius 2 is 1.57 bits per heavy atom. The second kappa shape index (κ2) is 14.4. The number of amides is 1. The van der Waals surface area contributed by atoms with E-state index in [2.05, 4.69) is 23.7 Å². The number of anilines is 1. The highest BCUT2D eigenvalue weighted by atomic mass is 19.1. The van der Waals surface area contributed by atoms with Crippen LogP contribution in [0.3, 0.4) is 0 Å². The van der Waals surface area contributed by atoms with Gasteiger partial charge in [-0.1, -0.05) is 62.4 Å². The number of hydrogen-bond acceptors (Lipinski definition) is 5. The zero-order valence-electron chi connectivity index (χ0n) is 27.2. The van der Waals surface area contributed by atoms with Gasteiger partial charge in [0.15, 0.2) is 5.79 Å². The van der Waals surface area contributed by atoms with Crippen molar-refractivity contribution >= 4 is 17.6 Å². The highest BCUT2D eigenvalue weighted by molar-refractivity contribution is 6.12. The summed E-state index contributed by atoms with van der Waals surface area (Å²) in [7, 11) is 0. The SMILES string of the molecule is CCOC(=O)C[C@H]1C[C@@H](CCn2c(-c3ccc(F)cc3)c(-c3ccccc3)c(C(=O)Nc3ccccc3)c2C(C)C)OC(C)(C)O1. The maximum atomic E-state index is 14.3. The highest BCUT2D eigenvalue weighted by Crippen LogP contribution is 2.43. The average molecular weight is 627 g/mol. The Labute approximate surface area is 270 Å². The van der Waals surface area contributed by atoms with Crippen molar-refractivity contribution in [1.82, 2.24) is 4.57 Å². The summed E-state index contributed by atoms with van der Waals surface area (Å²) >= 11 is 0. The third-order valence-electron chi connectivity index (χ3n) is 8.09. The second-order valence-electron chi connectivity index (χ2n) is 12.4. The van der Waals surface area contributed by atoms with Crippen molar-refractivity contribution in [3.05, 3.63) is 102 Å². The molecule has 1 aliphatic rings. The van der Waals surface area contributed by atoms with Gasteiger partial charge in [-0.25, -0.2) is 4.39 Å². The van der Waals surface area contributed by atoms with Gasteiger partial charge in [-0.05, 0) is 80.6 Å². The minimum absolute atomic E-state index is 0.0307. The molecule has 4 aromatic rings. The molecule has 8 heteroatoms. The lowest BCUT2D eigenvalue weighted by atomic mass is 9.94. The van der Waals surface area contributed by atoms with Gasteiger partial charge in [-0.2, -0.15) is 0 Å². The topological polar surface area (TPSA) is 78.8 Å². The van der Waals surface area contributed by atoms with E-state index in [0.717, 1.165) is 28.1 Å². The van der Waals surface area contributed by atoms with E-state index in [1.807, 2.05) is 74.5 Å². The predicted octanol–water partition coefficient (Wildman–Crippen LogP) is 8.59. The molecule has 242 valence electrons. The van der Waals surface area contributed by atoms with Gasteiger partial charge in [0.1, 0.15) is 5.82 Å². The zero-order chi connectivity index (χ0) is 32.8. The van der Waals surface area contributed by atoms with Crippen LogP contribution in [0.4, 0.5) is 10.1 Å². The molecular weight excluding hydrogens is 583 g/mol. The van der Waals surface area contributed by atoms with Crippen LogP contribution < -0.4 is 5.32 Å². The second-order valence-corrected chi connectivity index (χ2v) is 12.4. The van der Waals surface area contributed by atoms with Crippen LogP contribution in [0.2, 0.25) is 0 Å². The highest BCUT2D eigenvalue weighted by Gasteiger charge is 2.37. The van der Waals surface area contributed by atoms with Crippen LogP contribution in [0.1, 0.15) is 75.9 Å². The van der Waals surface area contributed by atoms with Gasteiger partial charge in [0, 0.05) is 29.9 Å². The van der Waals surface area contributed by atoms with Crippen LogP contribution in [0.15, 0.2) is 84.9 Å².